The molecule has 20 heavy (non-hydrogen) atoms. The van der Waals surface area contributed by atoms with E-state index in [1.165, 1.54) is 6.33 Å². The summed E-state index contributed by atoms with van der Waals surface area (Å²) in [6.07, 6.45) is 4.06. The SMILES string of the molecule is Cc1noc2ncnc(N3C4CCC3C(C(=O)O)C4)c12. The molecule has 7 nitrogen and oxygen atoms in total. The Morgan fingerprint density at radius 1 is 1.45 bits per heavy atom. The second-order valence-electron chi connectivity index (χ2n) is 5.53. The van der Waals surface area contributed by atoms with Crippen molar-refractivity contribution in [3.63, 3.8) is 0 Å². The predicted molar refractivity (Wildman–Crippen MR) is 69.4 cm³/mol. The molecule has 2 aliphatic rings. The Morgan fingerprint density at radius 3 is 3.05 bits per heavy atom. The molecule has 2 bridgehead atoms. The number of carboxylic acid groups (broad SMARTS) is 1. The molecule has 2 aromatic rings. The number of aliphatic carboxylic acids is 1. The van der Waals surface area contributed by atoms with Crippen molar-refractivity contribution in [2.75, 3.05) is 4.90 Å². The van der Waals surface area contributed by atoms with Crippen molar-refractivity contribution in [3.8, 4) is 0 Å². The Kier molecular flexibility index (Phi) is 2.27. The lowest BCUT2D eigenvalue weighted by Gasteiger charge is -2.24. The zero-order chi connectivity index (χ0) is 13.9. The first-order chi connectivity index (χ1) is 9.66. The molecule has 2 fully saturated rings. The minimum absolute atomic E-state index is 0.0184. The molecule has 4 rings (SSSR count). The zero-order valence-electron chi connectivity index (χ0n) is 11.0. The molecule has 0 aliphatic carbocycles. The van der Waals surface area contributed by atoms with Crippen LogP contribution in [0.2, 0.25) is 0 Å². The summed E-state index contributed by atoms with van der Waals surface area (Å²) in [6, 6.07) is 0.262. The maximum absolute atomic E-state index is 11.4. The highest BCUT2D eigenvalue weighted by molar-refractivity contribution is 5.89. The fraction of sp³-hybridized carbons (Fsp3) is 0.538. The Hall–Kier alpha value is -2.18. The molecular formula is C13H14N4O3. The summed E-state index contributed by atoms with van der Waals surface area (Å²) in [7, 11) is 0. The summed E-state index contributed by atoms with van der Waals surface area (Å²) in [5.41, 5.74) is 1.21. The van der Waals surface area contributed by atoms with Gasteiger partial charge in [-0.2, -0.15) is 4.98 Å². The molecule has 2 aliphatic heterocycles. The van der Waals surface area contributed by atoms with Gasteiger partial charge in [0, 0.05) is 12.1 Å². The lowest BCUT2D eigenvalue weighted by atomic mass is 9.89. The first-order valence-corrected chi connectivity index (χ1v) is 6.75. The van der Waals surface area contributed by atoms with E-state index in [0.717, 1.165) is 29.7 Å². The van der Waals surface area contributed by atoms with E-state index in [1.54, 1.807) is 0 Å². The second-order valence-corrected chi connectivity index (χ2v) is 5.53. The van der Waals surface area contributed by atoms with E-state index < -0.39 is 5.97 Å². The number of rotatable bonds is 2. The van der Waals surface area contributed by atoms with Crippen molar-refractivity contribution in [1.82, 2.24) is 15.1 Å². The normalized spacial score (nSPS) is 28.4. The van der Waals surface area contributed by atoms with Crippen molar-refractivity contribution in [3.05, 3.63) is 12.0 Å². The number of anilines is 1. The molecule has 0 amide bonds. The summed E-state index contributed by atoms with van der Waals surface area (Å²) in [5, 5.41) is 14.1. The molecule has 2 aromatic heterocycles. The van der Waals surface area contributed by atoms with Gasteiger partial charge in [-0.3, -0.25) is 4.79 Å². The van der Waals surface area contributed by atoms with E-state index in [4.69, 9.17) is 4.52 Å². The number of nitrogens with zero attached hydrogens (tertiary/aromatic N) is 4. The fourth-order valence-corrected chi connectivity index (χ4v) is 3.68. The predicted octanol–water partition coefficient (Wildman–Crippen LogP) is 1.37. The van der Waals surface area contributed by atoms with Gasteiger partial charge in [0.2, 0.25) is 0 Å². The van der Waals surface area contributed by atoms with Crippen LogP contribution in [0.3, 0.4) is 0 Å². The largest absolute Gasteiger partial charge is 0.481 e. The van der Waals surface area contributed by atoms with Crippen molar-refractivity contribution in [2.24, 2.45) is 5.92 Å². The highest BCUT2D eigenvalue weighted by Gasteiger charge is 2.50. The Bertz CT molecular complexity index is 698. The smallest absolute Gasteiger partial charge is 0.308 e. The van der Waals surface area contributed by atoms with Gasteiger partial charge in [0.25, 0.3) is 5.71 Å². The van der Waals surface area contributed by atoms with Crippen LogP contribution in [-0.4, -0.2) is 38.3 Å². The Balaban J connectivity index is 1.84. The molecule has 3 atom stereocenters. The molecule has 104 valence electrons. The van der Waals surface area contributed by atoms with Crippen LogP contribution < -0.4 is 4.90 Å². The van der Waals surface area contributed by atoms with Crippen LogP contribution >= 0.6 is 0 Å². The molecule has 3 unspecified atom stereocenters. The van der Waals surface area contributed by atoms with Gasteiger partial charge in [-0.25, -0.2) is 4.98 Å². The first kappa shape index (κ1) is 11.6. The Morgan fingerprint density at radius 2 is 2.30 bits per heavy atom. The second kappa shape index (κ2) is 3.91. The monoisotopic (exact) mass is 274 g/mol. The topological polar surface area (TPSA) is 92.4 Å². The summed E-state index contributed by atoms with van der Waals surface area (Å²) < 4.78 is 5.17. The van der Waals surface area contributed by atoms with Crippen molar-refractivity contribution in [1.29, 1.82) is 0 Å². The molecule has 7 heteroatoms. The third kappa shape index (κ3) is 1.40. The number of fused-ring (bicyclic) bond motifs is 3. The molecule has 2 saturated heterocycles. The average Bonchev–Trinajstić information content (AvgIpc) is 3.11. The molecule has 0 aromatic carbocycles. The summed E-state index contributed by atoms with van der Waals surface area (Å²) >= 11 is 0. The van der Waals surface area contributed by atoms with Crippen LogP contribution in [0.5, 0.6) is 0 Å². The number of hydrogen-bond donors (Lipinski definition) is 1. The van der Waals surface area contributed by atoms with Gasteiger partial charge in [0.1, 0.15) is 17.5 Å². The minimum Gasteiger partial charge on any atom is -0.481 e. The molecule has 0 saturated carbocycles. The van der Waals surface area contributed by atoms with E-state index >= 15 is 0 Å². The highest BCUT2D eigenvalue weighted by Crippen LogP contribution is 2.45. The van der Waals surface area contributed by atoms with Gasteiger partial charge >= 0.3 is 5.97 Å². The van der Waals surface area contributed by atoms with Gasteiger partial charge in [-0.1, -0.05) is 5.16 Å². The third-order valence-corrected chi connectivity index (χ3v) is 4.52. The summed E-state index contributed by atoms with van der Waals surface area (Å²) in [6.45, 7) is 1.85. The molecule has 0 spiro atoms. The van der Waals surface area contributed by atoms with Crippen LogP contribution in [0.1, 0.15) is 25.0 Å². The highest BCUT2D eigenvalue weighted by atomic mass is 16.5. The minimum atomic E-state index is -0.713. The number of carbonyl (C=O) groups is 1. The third-order valence-electron chi connectivity index (χ3n) is 4.52. The van der Waals surface area contributed by atoms with Gasteiger partial charge in [0.15, 0.2) is 0 Å². The van der Waals surface area contributed by atoms with E-state index in [2.05, 4.69) is 20.0 Å². The fourth-order valence-electron chi connectivity index (χ4n) is 3.68. The van der Waals surface area contributed by atoms with E-state index in [0.29, 0.717) is 12.1 Å². The van der Waals surface area contributed by atoms with Crippen LogP contribution in [0.15, 0.2) is 10.9 Å². The van der Waals surface area contributed by atoms with E-state index in [1.807, 2.05) is 6.92 Å². The maximum atomic E-state index is 11.4. The van der Waals surface area contributed by atoms with Gasteiger partial charge in [-0.05, 0) is 26.2 Å². The number of aryl methyl sites for hydroxylation is 1. The summed E-state index contributed by atoms with van der Waals surface area (Å²) in [4.78, 5) is 22.0. The number of carboxylic acids is 1. The first-order valence-electron chi connectivity index (χ1n) is 6.75. The van der Waals surface area contributed by atoms with Crippen molar-refractivity contribution in [2.45, 2.75) is 38.3 Å². The van der Waals surface area contributed by atoms with Gasteiger partial charge in [-0.15, -0.1) is 0 Å². The van der Waals surface area contributed by atoms with Crippen molar-refractivity contribution >= 4 is 22.9 Å². The number of hydrogen-bond acceptors (Lipinski definition) is 6. The van der Waals surface area contributed by atoms with Gasteiger partial charge in [0.05, 0.1) is 11.6 Å². The lowest BCUT2D eigenvalue weighted by Crippen LogP contribution is -2.33. The number of aromatic nitrogens is 3. The molecular weight excluding hydrogens is 260 g/mol. The molecule has 0 radical (unpaired) electrons. The van der Waals surface area contributed by atoms with Gasteiger partial charge < -0.3 is 14.5 Å². The van der Waals surface area contributed by atoms with Crippen molar-refractivity contribution < 1.29 is 14.4 Å². The molecule has 1 N–H and O–H groups in total. The van der Waals surface area contributed by atoms with E-state index in [9.17, 15) is 9.90 Å². The average molecular weight is 274 g/mol. The van der Waals surface area contributed by atoms with Crippen LogP contribution in [-0.2, 0) is 4.79 Å². The van der Waals surface area contributed by atoms with Crippen LogP contribution in [0.25, 0.3) is 11.1 Å². The molecule has 4 heterocycles. The maximum Gasteiger partial charge on any atom is 0.308 e. The summed E-state index contributed by atoms with van der Waals surface area (Å²) in [5.74, 6) is -0.251. The zero-order valence-corrected chi connectivity index (χ0v) is 11.0. The van der Waals surface area contributed by atoms with E-state index in [-0.39, 0.29) is 18.0 Å². The standard InChI is InChI=1S/C13H14N4O3/c1-6-10-11(14-5-15-12(10)20-16-6)17-7-2-3-9(17)8(4-7)13(18)19/h5,7-9H,2-4H2,1H3,(H,18,19). The lowest BCUT2D eigenvalue weighted by molar-refractivity contribution is -0.142. The van der Waals surface area contributed by atoms with Crippen LogP contribution in [0.4, 0.5) is 5.82 Å². The Labute approximate surface area is 114 Å². The van der Waals surface area contributed by atoms with Crippen LogP contribution in [0, 0.1) is 12.8 Å². The quantitative estimate of drug-likeness (QED) is 0.883.